The molecule has 0 aliphatic rings. The second-order valence-corrected chi connectivity index (χ2v) is 11.0. The third-order valence-corrected chi connectivity index (χ3v) is 7.93. The van der Waals surface area contributed by atoms with E-state index in [1.54, 1.807) is 6.92 Å². The number of Topliss-reactive ketones (excluding diaryl/α,β-unsaturated/α-hetero) is 1. The van der Waals surface area contributed by atoms with Gasteiger partial charge in [-0.3, -0.25) is 4.79 Å². The molecule has 0 aliphatic carbocycles. The quantitative estimate of drug-likeness (QED) is 0.656. The van der Waals surface area contributed by atoms with E-state index in [0.29, 0.717) is 6.42 Å². The number of ketones is 1. The molecule has 0 unspecified atom stereocenters. The van der Waals surface area contributed by atoms with E-state index in [0.717, 1.165) is 12.8 Å². The third-order valence-electron chi connectivity index (χ3n) is 3.39. The van der Waals surface area contributed by atoms with E-state index in [1.807, 2.05) is 0 Å². The summed E-state index contributed by atoms with van der Waals surface area (Å²) in [5.74, 6) is 0.233. The minimum Gasteiger partial charge on any atom is -0.413 e. The van der Waals surface area contributed by atoms with Gasteiger partial charge < -0.3 is 4.43 Å². The van der Waals surface area contributed by atoms with Gasteiger partial charge in [-0.2, -0.15) is 0 Å². The highest BCUT2D eigenvalue weighted by Crippen LogP contribution is 2.38. The van der Waals surface area contributed by atoms with Crippen LogP contribution in [0.4, 0.5) is 0 Å². The summed E-state index contributed by atoms with van der Waals surface area (Å²) < 4.78 is 6.27. The summed E-state index contributed by atoms with van der Waals surface area (Å²) in [6.07, 6.45) is 2.77. The topological polar surface area (TPSA) is 26.3 Å². The van der Waals surface area contributed by atoms with Gasteiger partial charge in [0.25, 0.3) is 0 Å². The zero-order valence-electron chi connectivity index (χ0n) is 12.0. The monoisotopic (exact) mass is 244 g/mol. The Hall–Kier alpha value is -0.153. The summed E-state index contributed by atoms with van der Waals surface area (Å²) >= 11 is 0. The van der Waals surface area contributed by atoms with Crippen molar-refractivity contribution in [2.75, 3.05) is 0 Å². The highest BCUT2D eigenvalue weighted by atomic mass is 28.4. The molecule has 96 valence electrons. The first-order valence-corrected chi connectivity index (χ1v) is 9.18. The van der Waals surface area contributed by atoms with Crippen LogP contribution in [0, 0.1) is 0 Å². The molecule has 0 heterocycles. The SMILES string of the molecule is CCC[C@H](CC(C)=O)O[Si](C)(C)C(C)(C)C. The van der Waals surface area contributed by atoms with Crippen molar-refractivity contribution in [3.63, 3.8) is 0 Å². The summed E-state index contributed by atoms with van der Waals surface area (Å²) in [5, 5.41) is 0.218. The summed E-state index contributed by atoms with van der Waals surface area (Å²) in [7, 11) is -1.72. The molecule has 2 nitrogen and oxygen atoms in total. The van der Waals surface area contributed by atoms with Crippen LogP contribution >= 0.6 is 0 Å². The van der Waals surface area contributed by atoms with Gasteiger partial charge in [-0.25, -0.2) is 0 Å². The zero-order valence-corrected chi connectivity index (χ0v) is 13.0. The first-order chi connectivity index (χ1) is 7.10. The Balaban J connectivity index is 4.55. The van der Waals surface area contributed by atoms with Crippen LogP contribution in [-0.2, 0) is 9.22 Å². The van der Waals surface area contributed by atoms with Gasteiger partial charge in [0.2, 0.25) is 0 Å². The smallest absolute Gasteiger partial charge is 0.192 e. The second-order valence-electron chi connectivity index (χ2n) is 6.19. The van der Waals surface area contributed by atoms with E-state index in [1.165, 1.54) is 0 Å². The van der Waals surface area contributed by atoms with Gasteiger partial charge in [0.15, 0.2) is 8.32 Å². The molecular weight excluding hydrogens is 216 g/mol. The fourth-order valence-electron chi connectivity index (χ4n) is 1.44. The fourth-order valence-corrected chi connectivity index (χ4v) is 2.83. The van der Waals surface area contributed by atoms with Crippen LogP contribution in [-0.4, -0.2) is 20.2 Å². The van der Waals surface area contributed by atoms with Gasteiger partial charge in [-0.15, -0.1) is 0 Å². The molecule has 0 amide bonds. The molecule has 0 saturated carbocycles. The predicted octanol–water partition coefficient (Wildman–Crippen LogP) is 4.16. The largest absolute Gasteiger partial charge is 0.413 e. The number of carbonyl (C=O) groups excluding carboxylic acids is 1. The lowest BCUT2D eigenvalue weighted by molar-refractivity contribution is -0.118. The van der Waals surface area contributed by atoms with Gasteiger partial charge in [0.1, 0.15) is 5.78 Å². The van der Waals surface area contributed by atoms with Gasteiger partial charge in [-0.1, -0.05) is 34.1 Å². The first-order valence-electron chi connectivity index (χ1n) is 6.27. The van der Waals surface area contributed by atoms with E-state index in [2.05, 4.69) is 40.8 Å². The Kier molecular flexibility index (Phi) is 5.91. The summed E-state index contributed by atoms with van der Waals surface area (Å²) in [4.78, 5) is 11.2. The normalized spacial score (nSPS) is 14.9. The first kappa shape index (κ1) is 15.8. The second kappa shape index (κ2) is 5.96. The minimum atomic E-state index is -1.72. The fraction of sp³-hybridized carbons (Fsp3) is 0.923. The predicted molar refractivity (Wildman–Crippen MR) is 72.3 cm³/mol. The molecule has 0 N–H and O–H groups in total. The molecule has 0 radical (unpaired) electrons. The minimum absolute atomic E-state index is 0.128. The van der Waals surface area contributed by atoms with Crippen molar-refractivity contribution < 1.29 is 9.22 Å². The molecule has 3 heteroatoms. The number of hydrogen-bond acceptors (Lipinski definition) is 2. The lowest BCUT2D eigenvalue weighted by Crippen LogP contribution is -2.44. The van der Waals surface area contributed by atoms with Crippen LogP contribution in [0.3, 0.4) is 0 Å². The van der Waals surface area contributed by atoms with Crippen LogP contribution in [0.2, 0.25) is 18.1 Å². The van der Waals surface area contributed by atoms with Crippen molar-refractivity contribution in [1.82, 2.24) is 0 Å². The highest BCUT2D eigenvalue weighted by Gasteiger charge is 2.39. The maximum absolute atomic E-state index is 11.2. The molecular formula is C13H28O2Si. The van der Waals surface area contributed by atoms with Gasteiger partial charge in [0, 0.05) is 6.42 Å². The lowest BCUT2D eigenvalue weighted by Gasteiger charge is -2.39. The molecule has 0 fully saturated rings. The van der Waals surface area contributed by atoms with Crippen molar-refractivity contribution in [2.45, 2.75) is 78.1 Å². The molecule has 1 atom stereocenters. The average molecular weight is 244 g/mol. The average Bonchev–Trinajstić information content (AvgIpc) is 1.99. The Morgan fingerprint density at radius 1 is 1.31 bits per heavy atom. The Bertz CT molecular complexity index is 229. The Morgan fingerprint density at radius 3 is 2.12 bits per heavy atom. The van der Waals surface area contributed by atoms with Crippen LogP contribution in [0.25, 0.3) is 0 Å². The molecule has 16 heavy (non-hydrogen) atoms. The third kappa shape index (κ3) is 5.26. The van der Waals surface area contributed by atoms with Crippen molar-refractivity contribution in [3.8, 4) is 0 Å². The van der Waals surface area contributed by atoms with E-state index in [-0.39, 0.29) is 16.9 Å². The van der Waals surface area contributed by atoms with Crippen molar-refractivity contribution in [2.24, 2.45) is 0 Å². The highest BCUT2D eigenvalue weighted by molar-refractivity contribution is 6.74. The number of rotatable bonds is 6. The Morgan fingerprint density at radius 2 is 1.81 bits per heavy atom. The van der Waals surface area contributed by atoms with Crippen molar-refractivity contribution in [1.29, 1.82) is 0 Å². The summed E-state index contributed by atoms with van der Waals surface area (Å²) in [6.45, 7) is 15.0. The van der Waals surface area contributed by atoms with Crippen molar-refractivity contribution in [3.05, 3.63) is 0 Å². The lowest BCUT2D eigenvalue weighted by atomic mass is 10.1. The van der Waals surface area contributed by atoms with Gasteiger partial charge in [-0.05, 0) is 31.5 Å². The summed E-state index contributed by atoms with van der Waals surface area (Å²) in [6, 6.07) is 0. The molecule has 0 saturated heterocycles. The van der Waals surface area contributed by atoms with Crippen LogP contribution in [0.1, 0.15) is 53.9 Å². The maximum Gasteiger partial charge on any atom is 0.192 e. The zero-order chi connectivity index (χ0) is 13.0. The summed E-state index contributed by atoms with van der Waals surface area (Å²) in [5.41, 5.74) is 0. The number of hydrogen-bond donors (Lipinski definition) is 0. The van der Waals surface area contributed by atoms with E-state index in [9.17, 15) is 4.79 Å². The standard InChI is InChI=1S/C13H28O2Si/c1-8-9-12(10-11(2)14)15-16(6,7)13(3,4)5/h12H,8-10H2,1-7H3/t12-/m1/s1. The molecule has 0 aromatic carbocycles. The number of carbonyl (C=O) groups is 1. The molecule has 0 aromatic rings. The van der Waals surface area contributed by atoms with E-state index in [4.69, 9.17) is 4.43 Å². The van der Waals surface area contributed by atoms with Crippen molar-refractivity contribution >= 4 is 14.1 Å². The Labute approximate surface area is 102 Å². The van der Waals surface area contributed by atoms with E-state index >= 15 is 0 Å². The van der Waals surface area contributed by atoms with Gasteiger partial charge in [0.05, 0.1) is 6.10 Å². The molecule has 0 spiro atoms. The van der Waals surface area contributed by atoms with Crippen LogP contribution in [0.5, 0.6) is 0 Å². The van der Waals surface area contributed by atoms with Crippen LogP contribution in [0.15, 0.2) is 0 Å². The van der Waals surface area contributed by atoms with E-state index < -0.39 is 8.32 Å². The molecule has 0 rings (SSSR count). The maximum atomic E-state index is 11.2. The van der Waals surface area contributed by atoms with Crippen LogP contribution < -0.4 is 0 Å². The molecule has 0 aromatic heterocycles. The molecule has 0 aliphatic heterocycles. The molecule has 0 bridgehead atoms. The van der Waals surface area contributed by atoms with Gasteiger partial charge >= 0.3 is 0 Å².